The van der Waals surface area contributed by atoms with Crippen LogP contribution in [-0.4, -0.2) is 23.7 Å². The van der Waals surface area contributed by atoms with Crippen LogP contribution in [-0.2, 0) is 0 Å². The molecule has 0 aliphatic rings. The van der Waals surface area contributed by atoms with E-state index in [1.807, 2.05) is 83.4 Å². The topological polar surface area (TPSA) is 57.6 Å². The van der Waals surface area contributed by atoms with Gasteiger partial charge in [-0.2, -0.15) is 0 Å². The molecular formula is C51H31N5O. The third kappa shape index (κ3) is 4.55. The van der Waals surface area contributed by atoms with Crippen molar-refractivity contribution in [3.05, 3.63) is 198 Å². The second-order valence-electron chi connectivity index (χ2n) is 14.5. The van der Waals surface area contributed by atoms with E-state index < -0.39 is 0 Å². The van der Waals surface area contributed by atoms with Gasteiger partial charge in [0.25, 0.3) is 5.56 Å². The molecular weight excluding hydrogens is 699 g/mol. The van der Waals surface area contributed by atoms with Crippen molar-refractivity contribution in [2.75, 3.05) is 0 Å². The van der Waals surface area contributed by atoms with E-state index in [4.69, 9.17) is 9.97 Å². The standard InChI is InChI=1S/C51H31N5O/c57-50-42-31-46-41(36-23-12-15-27-45(36)56(46)51-52-43-25-13-10-24-39(43)47(53-51)32-16-4-1-5-17-32)30-40(42)38-29-28-37-35-22-11-14-26-44(35)54(33-18-6-2-7-19-33)48(37)49(38)55(50)34-20-8-3-9-21-34/h1-31H. The molecule has 57 heavy (non-hydrogen) atoms. The quantitative estimate of drug-likeness (QED) is 0.170. The Bertz CT molecular complexity index is 3640. The average molecular weight is 730 g/mol. The summed E-state index contributed by atoms with van der Waals surface area (Å²) < 4.78 is 6.34. The molecule has 0 aliphatic carbocycles. The number of para-hydroxylation sites is 5. The fourth-order valence-corrected chi connectivity index (χ4v) is 8.99. The SMILES string of the molecule is O=c1c2cc3c(cc2c2ccc4c5ccccc5n(-c5ccccc5)c4c2n1-c1ccccc1)c1ccccc1n3-c1nc(-c2ccccc2)c2ccccc2n1. The Balaban J connectivity index is 1.26. The summed E-state index contributed by atoms with van der Waals surface area (Å²) >= 11 is 0. The highest BCUT2D eigenvalue weighted by molar-refractivity contribution is 6.24. The third-order valence-electron chi connectivity index (χ3n) is 11.4. The fraction of sp³-hybridized carbons (Fsp3) is 0. The van der Waals surface area contributed by atoms with Crippen LogP contribution in [0.25, 0.3) is 105 Å². The summed E-state index contributed by atoms with van der Waals surface area (Å²) in [6.45, 7) is 0. The zero-order valence-electron chi connectivity index (χ0n) is 30.5. The molecule has 4 heterocycles. The number of benzene rings is 8. The van der Waals surface area contributed by atoms with Crippen LogP contribution in [0.5, 0.6) is 0 Å². The van der Waals surface area contributed by atoms with Crippen molar-refractivity contribution >= 4 is 76.2 Å². The van der Waals surface area contributed by atoms with E-state index in [9.17, 15) is 0 Å². The van der Waals surface area contributed by atoms with Gasteiger partial charge in [0.2, 0.25) is 5.95 Å². The predicted octanol–water partition coefficient (Wildman–Crippen LogP) is 11.9. The average Bonchev–Trinajstić information content (AvgIpc) is 3.79. The lowest BCUT2D eigenvalue weighted by atomic mass is 10.0. The zero-order chi connectivity index (χ0) is 37.6. The van der Waals surface area contributed by atoms with Gasteiger partial charge >= 0.3 is 0 Å². The number of fused-ring (bicyclic) bond motifs is 11. The normalized spacial score (nSPS) is 11.9. The second kappa shape index (κ2) is 12.1. The van der Waals surface area contributed by atoms with E-state index in [1.54, 1.807) is 0 Å². The maximum atomic E-state index is 15.5. The molecule has 0 saturated carbocycles. The highest BCUT2D eigenvalue weighted by atomic mass is 16.1. The number of aromatic nitrogens is 5. The van der Waals surface area contributed by atoms with Crippen LogP contribution < -0.4 is 5.56 Å². The van der Waals surface area contributed by atoms with Gasteiger partial charge in [-0.15, -0.1) is 0 Å². The first-order valence-corrected chi connectivity index (χ1v) is 19.1. The monoisotopic (exact) mass is 729 g/mol. The van der Waals surface area contributed by atoms with Gasteiger partial charge < -0.3 is 4.57 Å². The minimum atomic E-state index is -0.0934. The maximum Gasteiger partial charge on any atom is 0.263 e. The number of hydrogen-bond acceptors (Lipinski definition) is 3. The zero-order valence-corrected chi connectivity index (χ0v) is 30.5. The molecule has 0 amide bonds. The lowest BCUT2D eigenvalue weighted by Gasteiger charge is -2.17. The van der Waals surface area contributed by atoms with Gasteiger partial charge in [-0.05, 0) is 60.0 Å². The summed E-state index contributed by atoms with van der Waals surface area (Å²) in [5.74, 6) is 0.552. The maximum absolute atomic E-state index is 15.5. The Morgan fingerprint density at radius 2 is 0.877 bits per heavy atom. The molecule has 0 unspecified atom stereocenters. The van der Waals surface area contributed by atoms with Crippen molar-refractivity contribution in [3.63, 3.8) is 0 Å². The first-order chi connectivity index (χ1) is 28.2. The Morgan fingerprint density at radius 3 is 1.58 bits per heavy atom. The van der Waals surface area contributed by atoms with Crippen molar-refractivity contribution in [2.24, 2.45) is 0 Å². The fourth-order valence-electron chi connectivity index (χ4n) is 8.99. The lowest BCUT2D eigenvalue weighted by molar-refractivity contribution is 1.01. The third-order valence-corrected chi connectivity index (χ3v) is 11.4. The molecule has 0 aliphatic heterocycles. The smallest absolute Gasteiger partial charge is 0.263 e. The minimum absolute atomic E-state index is 0.0934. The van der Waals surface area contributed by atoms with E-state index >= 15 is 4.79 Å². The molecule has 0 spiro atoms. The number of pyridine rings is 1. The molecule has 6 nitrogen and oxygen atoms in total. The molecule has 0 bridgehead atoms. The highest BCUT2D eigenvalue weighted by Gasteiger charge is 2.24. The van der Waals surface area contributed by atoms with Crippen LogP contribution >= 0.6 is 0 Å². The van der Waals surface area contributed by atoms with Crippen molar-refractivity contribution in [1.82, 2.24) is 23.7 Å². The first-order valence-electron chi connectivity index (χ1n) is 19.1. The van der Waals surface area contributed by atoms with Crippen LogP contribution in [0.3, 0.4) is 0 Å². The largest absolute Gasteiger partial charge is 0.307 e. The summed E-state index contributed by atoms with van der Waals surface area (Å²) in [6, 6.07) is 64.4. The van der Waals surface area contributed by atoms with E-state index in [1.165, 1.54) is 0 Å². The molecule has 6 heteroatoms. The summed E-state index contributed by atoms with van der Waals surface area (Å²) in [7, 11) is 0. The highest BCUT2D eigenvalue weighted by Crippen LogP contribution is 2.41. The second-order valence-corrected chi connectivity index (χ2v) is 14.5. The van der Waals surface area contributed by atoms with Crippen molar-refractivity contribution in [3.8, 4) is 28.6 Å². The molecule has 12 aromatic rings. The van der Waals surface area contributed by atoms with Gasteiger partial charge in [0, 0.05) is 49.3 Å². The molecule has 0 atom stereocenters. The summed E-state index contributed by atoms with van der Waals surface area (Å²) in [6.07, 6.45) is 0. The molecule has 12 rings (SSSR count). The summed E-state index contributed by atoms with van der Waals surface area (Å²) in [5, 5.41) is 7.80. The Labute approximate surface area is 325 Å². The van der Waals surface area contributed by atoms with Crippen LogP contribution in [0.4, 0.5) is 0 Å². The Kier molecular flexibility index (Phi) is 6.68. The van der Waals surface area contributed by atoms with Crippen LogP contribution in [0.2, 0.25) is 0 Å². The first kappa shape index (κ1) is 31.5. The van der Waals surface area contributed by atoms with Gasteiger partial charge in [-0.25, -0.2) is 9.97 Å². The van der Waals surface area contributed by atoms with E-state index in [0.717, 1.165) is 93.4 Å². The molecule has 0 radical (unpaired) electrons. The molecule has 0 N–H and O–H groups in total. The molecule has 0 saturated heterocycles. The molecule has 8 aromatic carbocycles. The van der Waals surface area contributed by atoms with E-state index in [-0.39, 0.29) is 5.56 Å². The van der Waals surface area contributed by atoms with Gasteiger partial charge in [0.15, 0.2) is 0 Å². The Morgan fingerprint density at radius 1 is 0.351 bits per heavy atom. The van der Waals surface area contributed by atoms with Crippen molar-refractivity contribution < 1.29 is 0 Å². The van der Waals surface area contributed by atoms with Gasteiger partial charge in [-0.3, -0.25) is 13.9 Å². The summed E-state index contributed by atoms with van der Waals surface area (Å²) in [5.41, 5.74) is 9.25. The van der Waals surface area contributed by atoms with E-state index in [2.05, 4.69) is 118 Å². The molecule has 4 aromatic heterocycles. The van der Waals surface area contributed by atoms with Crippen LogP contribution in [0.1, 0.15) is 0 Å². The van der Waals surface area contributed by atoms with Crippen LogP contribution in [0.15, 0.2) is 193 Å². The van der Waals surface area contributed by atoms with Gasteiger partial charge in [0.05, 0.1) is 44.2 Å². The minimum Gasteiger partial charge on any atom is -0.307 e. The van der Waals surface area contributed by atoms with Crippen molar-refractivity contribution in [1.29, 1.82) is 0 Å². The van der Waals surface area contributed by atoms with Crippen molar-refractivity contribution in [2.45, 2.75) is 0 Å². The molecule has 266 valence electrons. The van der Waals surface area contributed by atoms with Crippen LogP contribution in [0, 0.1) is 0 Å². The van der Waals surface area contributed by atoms with Gasteiger partial charge in [0.1, 0.15) is 0 Å². The summed E-state index contributed by atoms with van der Waals surface area (Å²) in [4.78, 5) is 26.0. The number of nitrogens with zero attached hydrogens (tertiary/aromatic N) is 5. The Hall–Kier alpha value is -7.83. The lowest BCUT2D eigenvalue weighted by Crippen LogP contribution is -2.20. The van der Waals surface area contributed by atoms with E-state index in [0.29, 0.717) is 11.3 Å². The van der Waals surface area contributed by atoms with Gasteiger partial charge in [-0.1, -0.05) is 133 Å². The predicted molar refractivity (Wildman–Crippen MR) is 234 cm³/mol. The number of rotatable bonds is 4. The number of hydrogen-bond donors (Lipinski definition) is 0. The molecule has 0 fully saturated rings.